The Hall–Kier alpha value is -2.24. The van der Waals surface area contributed by atoms with Gasteiger partial charge in [-0.3, -0.25) is 9.59 Å². The summed E-state index contributed by atoms with van der Waals surface area (Å²) in [7, 11) is 0. The van der Waals surface area contributed by atoms with Gasteiger partial charge in [-0.15, -0.1) is 0 Å². The monoisotopic (exact) mass is 1230 g/mol. The molecule has 30 atom stereocenters. The van der Waals surface area contributed by atoms with Crippen LogP contribution in [0.1, 0.15) is 113 Å². The van der Waals surface area contributed by atoms with Crippen molar-refractivity contribution in [3.05, 3.63) is 11.6 Å². The van der Waals surface area contributed by atoms with Crippen LogP contribution in [0.4, 0.5) is 0 Å². The molecular weight excluding hydrogens is 1140 g/mol. The average Bonchev–Trinajstić information content (AvgIpc) is 0.739. The van der Waals surface area contributed by atoms with Crippen LogP contribution in [-0.4, -0.2) is 264 Å². The molecule has 1 amide bonds. The number of rotatable bonds is 14. The van der Waals surface area contributed by atoms with Gasteiger partial charge in [0, 0.05) is 12.3 Å². The predicted molar refractivity (Wildman–Crippen MR) is 290 cm³/mol. The van der Waals surface area contributed by atoms with Crippen LogP contribution in [0.2, 0.25) is 0 Å². The maximum Gasteiger partial charge on any atom is 0.315 e. The number of carbonyl (C=O) groups is 2. The Bertz CT molecular complexity index is 2460. The Balaban J connectivity index is 0.917. The molecule has 86 heavy (non-hydrogen) atoms. The van der Waals surface area contributed by atoms with Crippen LogP contribution in [0.3, 0.4) is 0 Å². The van der Waals surface area contributed by atoms with E-state index in [-0.39, 0.29) is 23.9 Å². The van der Waals surface area contributed by atoms with Gasteiger partial charge < -0.3 is 124 Å². The van der Waals surface area contributed by atoms with Gasteiger partial charge in [0.05, 0.1) is 57.3 Å². The second kappa shape index (κ2) is 24.3. The van der Waals surface area contributed by atoms with E-state index in [1.807, 2.05) is 0 Å². The maximum atomic E-state index is 15.4. The predicted octanol–water partition coefficient (Wildman–Crippen LogP) is -3.18. The van der Waals surface area contributed by atoms with Crippen molar-refractivity contribution in [2.45, 2.75) is 254 Å². The Morgan fingerprint density at radius 3 is 1.93 bits per heavy atom. The number of hydrogen-bond acceptors (Lipinski definition) is 26. The third kappa shape index (κ3) is 11.1. The summed E-state index contributed by atoms with van der Waals surface area (Å²) in [4.78, 5) is 28.4. The van der Waals surface area contributed by atoms with E-state index < -0.39 is 219 Å². The first-order chi connectivity index (χ1) is 40.2. The molecule has 27 nitrogen and oxygen atoms in total. The number of amides is 1. The number of nitrogens with one attached hydrogen (secondary N) is 1. The van der Waals surface area contributed by atoms with Crippen molar-refractivity contribution in [1.82, 2.24) is 5.32 Å². The summed E-state index contributed by atoms with van der Waals surface area (Å²) in [6.45, 7) is 12.8. The molecule has 5 saturated heterocycles. The highest BCUT2D eigenvalue weighted by Crippen LogP contribution is 2.76. The number of esters is 1. The van der Waals surface area contributed by atoms with Gasteiger partial charge in [0.15, 0.2) is 31.3 Å². The molecular formula is C59H95NO26. The van der Waals surface area contributed by atoms with E-state index in [1.165, 1.54) is 6.92 Å². The minimum Gasteiger partial charge on any atom is -0.432 e. The summed E-state index contributed by atoms with van der Waals surface area (Å²) in [5.41, 5.74) is -5.02. The van der Waals surface area contributed by atoms with E-state index >= 15 is 4.79 Å². The number of carbonyl (C=O) groups excluding carboxylic acids is 2. The van der Waals surface area contributed by atoms with Crippen LogP contribution >= 0.6 is 0 Å². The number of aliphatic hydroxyl groups is 14. The highest BCUT2D eigenvalue weighted by Gasteiger charge is 2.73. The molecule has 10 aliphatic rings. The fourth-order valence-corrected chi connectivity index (χ4v) is 17.4. The van der Waals surface area contributed by atoms with Gasteiger partial charge in [-0.25, -0.2) is 0 Å². The SMILES string of the molecule is CC(=O)NC1C(OC2CCC3(C)C(CC(O)C4(C)C3CC=C3C5CC(C)(C)CCC5(C(=O)OC5OC(CO)C(O)C(O)C5OC5OCC(O)(CO)C5O)CCC34C)C2(C)C)OC(COC2OCC(O)C(O)C2O)C(O)C1OC1OCC(O)C(O)C1O. The van der Waals surface area contributed by atoms with E-state index in [4.69, 9.17) is 47.4 Å². The maximum absolute atomic E-state index is 15.4. The molecule has 0 aromatic rings. The topological polar surface area (TPSA) is 422 Å². The van der Waals surface area contributed by atoms with Crippen molar-refractivity contribution in [2.24, 2.45) is 50.2 Å². The quantitative estimate of drug-likeness (QED) is 0.0463. The van der Waals surface area contributed by atoms with E-state index in [1.54, 1.807) is 0 Å². The molecule has 4 saturated carbocycles. The summed E-state index contributed by atoms with van der Waals surface area (Å²) in [6.07, 6.45) is -25.4. The van der Waals surface area contributed by atoms with Crippen molar-refractivity contribution in [3.8, 4) is 0 Å². The number of allylic oxidation sites excluding steroid dienone is 2. The van der Waals surface area contributed by atoms with Gasteiger partial charge in [-0.1, -0.05) is 60.1 Å². The van der Waals surface area contributed by atoms with Crippen molar-refractivity contribution >= 4 is 11.9 Å². The zero-order valence-corrected chi connectivity index (χ0v) is 50.3. The summed E-state index contributed by atoms with van der Waals surface area (Å²) >= 11 is 0. The van der Waals surface area contributed by atoms with Gasteiger partial charge in [-0.2, -0.15) is 0 Å². The highest BCUT2D eigenvalue weighted by molar-refractivity contribution is 5.79. The molecule has 5 heterocycles. The van der Waals surface area contributed by atoms with Crippen molar-refractivity contribution in [3.63, 3.8) is 0 Å². The lowest BCUT2D eigenvalue weighted by Gasteiger charge is -2.72. The van der Waals surface area contributed by atoms with E-state index in [9.17, 15) is 76.3 Å². The molecule has 0 aromatic carbocycles. The molecule has 10 rings (SSSR count). The minimum atomic E-state index is -2.10. The first-order valence-electron chi connectivity index (χ1n) is 30.6. The second-order valence-corrected chi connectivity index (χ2v) is 28.7. The molecule has 9 fully saturated rings. The summed E-state index contributed by atoms with van der Waals surface area (Å²) < 4.78 is 60.4. The molecule has 0 radical (unpaired) electrons. The number of aliphatic hydroxyl groups excluding tert-OH is 13. The molecule has 5 aliphatic carbocycles. The molecule has 492 valence electrons. The van der Waals surface area contributed by atoms with E-state index in [0.29, 0.717) is 57.8 Å². The van der Waals surface area contributed by atoms with Crippen molar-refractivity contribution < 1.29 is 128 Å². The first kappa shape index (κ1) is 66.7. The molecule has 0 spiro atoms. The Labute approximate surface area is 499 Å². The normalized spacial score (nSPS) is 52.5. The Kier molecular flexibility index (Phi) is 18.9. The smallest absolute Gasteiger partial charge is 0.315 e. The van der Waals surface area contributed by atoms with Gasteiger partial charge in [-0.05, 0) is 97.2 Å². The summed E-state index contributed by atoms with van der Waals surface area (Å²) in [5, 5.41) is 155. The minimum absolute atomic E-state index is 0.109. The third-order valence-corrected chi connectivity index (χ3v) is 22.9. The van der Waals surface area contributed by atoms with Crippen LogP contribution in [0, 0.1) is 50.2 Å². The molecule has 5 aliphatic heterocycles. The third-order valence-electron chi connectivity index (χ3n) is 22.9. The molecule has 0 aromatic heterocycles. The van der Waals surface area contributed by atoms with Gasteiger partial charge in [0.1, 0.15) is 91.0 Å². The van der Waals surface area contributed by atoms with Crippen LogP contribution in [-0.2, 0) is 57.0 Å². The lowest BCUT2D eigenvalue weighted by Crippen LogP contribution is -2.70. The van der Waals surface area contributed by atoms with Gasteiger partial charge >= 0.3 is 5.97 Å². The van der Waals surface area contributed by atoms with Crippen LogP contribution < -0.4 is 5.32 Å². The number of fused-ring (bicyclic) bond motifs is 7. The van der Waals surface area contributed by atoms with Gasteiger partial charge in [0.25, 0.3) is 0 Å². The summed E-state index contributed by atoms with van der Waals surface area (Å²) in [6, 6.07) is -1.31. The largest absolute Gasteiger partial charge is 0.432 e. The lowest BCUT2D eigenvalue weighted by molar-refractivity contribution is -0.349. The van der Waals surface area contributed by atoms with E-state index in [2.05, 4.69) is 59.9 Å². The van der Waals surface area contributed by atoms with Crippen LogP contribution in [0.25, 0.3) is 0 Å². The summed E-state index contributed by atoms with van der Waals surface area (Å²) in [5.74, 6) is -1.92. The zero-order chi connectivity index (χ0) is 62.8. The van der Waals surface area contributed by atoms with E-state index in [0.717, 1.165) is 5.57 Å². The van der Waals surface area contributed by atoms with Crippen molar-refractivity contribution in [1.29, 1.82) is 0 Å². The number of hydrogen-bond donors (Lipinski definition) is 15. The average molecular weight is 1230 g/mol. The first-order valence-corrected chi connectivity index (χ1v) is 30.6. The number of ether oxygens (including phenoxy) is 10. The molecule has 30 unspecified atom stereocenters. The van der Waals surface area contributed by atoms with Crippen LogP contribution in [0.15, 0.2) is 11.6 Å². The standard InChI is InChI=1S/C59H95NO26/c1-25(63)60-36-44(84-49-43(73)38(68)29(65)21-78-49)40(70)31(22-79-48-42(72)37(67)28(64)20-77-48)82-47(36)83-35-11-12-55(6)32-10-9-26-27-18-53(2,3)13-15-58(27,16-14-56(26,7)57(32,8)34(66)17-33(55)54(35,4)5)52(75)86-50-45(41(71)39(69)30(19-61)81-50)85-51-46(74)59(76,23-62)24-80-51/h9,27-51,61-62,64-74,76H,10-24H2,1-8H3,(H,60,63). The zero-order valence-electron chi connectivity index (χ0n) is 50.3. The van der Waals surface area contributed by atoms with Crippen molar-refractivity contribution in [2.75, 3.05) is 39.6 Å². The fraction of sp³-hybridized carbons (Fsp3) is 0.932. The fourth-order valence-electron chi connectivity index (χ4n) is 17.4. The Morgan fingerprint density at radius 2 is 1.29 bits per heavy atom. The van der Waals surface area contributed by atoms with Gasteiger partial charge in [0.2, 0.25) is 12.2 Å². The second-order valence-electron chi connectivity index (χ2n) is 28.7. The highest BCUT2D eigenvalue weighted by atomic mass is 16.8. The molecule has 27 heteroatoms. The molecule has 15 N–H and O–H groups in total. The lowest BCUT2D eigenvalue weighted by atomic mass is 9.33. The Morgan fingerprint density at radius 1 is 0.663 bits per heavy atom. The molecule has 0 bridgehead atoms. The van der Waals surface area contributed by atoms with Crippen LogP contribution in [0.5, 0.6) is 0 Å².